The quantitative estimate of drug-likeness (QED) is 0.701. The lowest BCUT2D eigenvalue weighted by Crippen LogP contribution is -1.95. The standard InChI is InChI=1S/C11H9ClN4/c1-7-5-8(12)6-9-10(7)15-11(14-9)16-4-2-3-13-16/h2-6H,1H3,(H,14,15). The van der Waals surface area contributed by atoms with Crippen molar-refractivity contribution >= 4 is 22.6 Å². The van der Waals surface area contributed by atoms with E-state index >= 15 is 0 Å². The zero-order chi connectivity index (χ0) is 11.1. The average Bonchev–Trinajstić information content (AvgIpc) is 2.82. The van der Waals surface area contributed by atoms with Crippen LogP contribution in [0.5, 0.6) is 0 Å². The molecule has 16 heavy (non-hydrogen) atoms. The fourth-order valence-corrected chi connectivity index (χ4v) is 2.01. The van der Waals surface area contributed by atoms with Crippen molar-refractivity contribution in [3.8, 4) is 5.95 Å². The van der Waals surface area contributed by atoms with Gasteiger partial charge in [-0.3, -0.25) is 0 Å². The zero-order valence-corrected chi connectivity index (χ0v) is 9.36. The van der Waals surface area contributed by atoms with Crippen LogP contribution in [-0.2, 0) is 0 Å². The number of nitrogens with zero attached hydrogens (tertiary/aromatic N) is 3. The lowest BCUT2D eigenvalue weighted by atomic mass is 10.2. The van der Waals surface area contributed by atoms with E-state index in [1.165, 1.54) is 0 Å². The number of halogens is 1. The Balaban J connectivity index is 2.27. The molecular formula is C11H9ClN4. The number of rotatable bonds is 1. The maximum Gasteiger partial charge on any atom is 0.229 e. The summed E-state index contributed by atoms with van der Waals surface area (Å²) in [5.74, 6) is 0.699. The summed E-state index contributed by atoms with van der Waals surface area (Å²) < 4.78 is 1.69. The highest BCUT2D eigenvalue weighted by Crippen LogP contribution is 2.22. The largest absolute Gasteiger partial charge is 0.322 e. The third-order valence-electron chi connectivity index (χ3n) is 2.45. The van der Waals surface area contributed by atoms with Crippen molar-refractivity contribution in [1.82, 2.24) is 19.7 Å². The van der Waals surface area contributed by atoms with Gasteiger partial charge < -0.3 is 4.98 Å². The molecule has 0 bridgehead atoms. The first-order chi connectivity index (χ1) is 7.74. The molecule has 3 aromatic rings. The second-order valence-corrected chi connectivity index (χ2v) is 4.07. The minimum absolute atomic E-state index is 0.699. The van der Waals surface area contributed by atoms with Crippen molar-refractivity contribution in [2.24, 2.45) is 0 Å². The smallest absolute Gasteiger partial charge is 0.229 e. The van der Waals surface area contributed by atoms with Crippen LogP contribution in [0.3, 0.4) is 0 Å². The summed E-state index contributed by atoms with van der Waals surface area (Å²) in [5.41, 5.74) is 2.91. The number of aromatic amines is 1. The Kier molecular flexibility index (Phi) is 1.97. The fraction of sp³-hybridized carbons (Fsp3) is 0.0909. The number of hydrogen-bond acceptors (Lipinski definition) is 2. The molecule has 0 unspecified atom stereocenters. The number of aromatic nitrogens is 4. The van der Waals surface area contributed by atoms with E-state index in [0.717, 1.165) is 16.6 Å². The van der Waals surface area contributed by atoms with Crippen LogP contribution in [0.25, 0.3) is 17.0 Å². The molecule has 1 aromatic carbocycles. The Labute approximate surface area is 96.9 Å². The number of fused-ring (bicyclic) bond motifs is 1. The molecule has 5 heteroatoms. The monoisotopic (exact) mass is 232 g/mol. The van der Waals surface area contributed by atoms with Crippen molar-refractivity contribution in [1.29, 1.82) is 0 Å². The second-order valence-electron chi connectivity index (χ2n) is 3.63. The topological polar surface area (TPSA) is 46.5 Å². The Hall–Kier alpha value is -1.81. The molecule has 3 rings (SSSR count). The molecule has 80 valence electrons. The SMILES string of the molecule is Cc1cc(Cl)cc2[nH]c(-n3cccn3)nc12. The highest BCUT2D eigenvalue weighted by Gasteiger charge is 2.07. The van der Waals surface area contributed by atoms with Gasteiger partial charge in [-0.25, -0.2) is 9.67 Å². The molecule has 0 amide bonds. The van der Waals surface area contributed by atoms with Crippen LogP contribution in [0.4, 0.5) is 0 Å². The van der Waals surface area contributed by atoms with Gasteiger partial charge >= 0.3 is 0 Å². The van der Waals surface area contributed by atoms with Gasteiger partial charge in [0.15, 0.2) is 0 Å². The van der Waals surface area contributed by atoms with Crippen LogP contribution < -0.4 is 0 Å². The number of H-pyrrole nitrogens is 1. The zero-order valence-electron chi connectivity index (χ0n) is 8.61. The van der Waals surface area contributed by atoms with E-state index in [4.69, 9.17) is 11.6 Å². The molecule has 0 fully saturated rings. The predicted octanol–water partition coefficient (Wildman–Crippen LogP) is 2.71. The molecule has 2 aromatic heterocycles. The number of imidazole rings is 1. The van der Waals surface area contributed by atoms with Crippen molar-refractivity contribution in [2.45, 2.75) is 6.92 Å². The van der Waals surface area contributed by atoms with Gasteiger partial charge in [0.2, 0.25) is 5.95 Å². The highest BCUT2D eigenvalue weighted by atomic mass is 35.5. The van der Waals surface area contributed by atoms with E-state index in [9.17, 15) is 0 Å². The molecule has 1 N–H and O–H groups in total. The van der Waals surface area contributed by atoms with Gasteiger partial charge in [0.25, 0.3) is 0 Å². The van der Waals surface area contributed by atoms with Crippen molar-refractivity contribution < 1.29 is 0 Å². The fourth-order valence-electron chi connectivity index (χ4n) is 1.74. The lowest BCUT2D eigenvalue weighted by molar-refractivity contribution is 0.829. The normalized spacial score (nSPS) is 11.1. The first kappa shape index (κ1) is 9.42. The van der Waals surface area contributed by atoms with Gasteiger partial charge in [-0.2, -0.15) is 5.10 Å². The van der Waals surface area contributed by atoms with E-state index in [-0.39, 0.29) is 0 Å². The summed E-state index contributed by atoms with van der Waals surface area (Å²) in [6.07, 6.45) is 3.56. The summed E-state index contributed by atoms with van der Waals surface area (Å²) >= 11 is 5.99. The van der Waals surface area contributed by atoms with Gasteiger partial charge in [0.1, 0.15) is 0 Å². The Morgan fingerprint density at radius 1 is 1.38 bits per heavy atom. The van der Waals surface area contributed by atoms with Crippen LogP contribution in [0.1, 0.15) is 5.56 Å². The van der Waals surface area contributed by atoms with Crippen LogP contribution >= 0.6 is 11.6 Å². The van der Waals surface area contributed by atoms with Gasteiger partial charge in [-0.1, -0.05) is 11.6 Å². The van der Waals surface area contributed by atoms with Crippen molar-refractivity contribution in [2.75, 3.05) is 0 Å². The van der Waals surface area contributed by atoms with E-state index in [0.29, 0.717) is 11.0 Å². The number of benzene rings is 1. The van der Waals surface area contributed by atoms with Crippen LogP contribution in [0.2, 0.25) is 5.02 Å². The summed E-state index contributed by atoms with van der Waals surface area (Å²) in [6.45, 7) is 1.99. The third kappa shape index (κ3) is 1.39. The molecule has 0 radical (unpaired) electrons. The van der Waals surface area contributed by atoms with Crippen molar-refractivity contribution in [3.63, 3.8) is 0 Å². The lowest BCUT2D eigenvalue weighted by Gasteiger charge is -1.94. The molecule has 0 atom stereocenters. The number of nitrogens with one attached hydrogen (secondary N) is 1. The molecule has 0 saturated heterocycles. The maximum atomic E-state index is 5.99. The molecule has 0 saturated carbocycles. The summed E-state index contributed by atoms with van der Waals surface area (Å²) in [6, 6.07) is 5.62. The molecule has 2 heterocycles. The summed E-state index contributed by atoms with van der Waals surface area (Å²) in [5, 5.41) is 4.83. The first-order valence-electron chi connectivity index (χ1n) is 4.90. The van der Waals surface area contributed by atoms with Crippen LogP contribution in [0.15, 0.2) is 30.6 Å². The van der Waals surface area contributed by atoms with Gasteiger partial charge in [0, 0.05) is 17.4 Å². The molecule has 0 aliphatic carbocycles. The Morgan fingerprint density at radius 2 is 2.25 bits per heavy atom. The molecule has 0 spiro atoms. The van der Waals surface area contributed by atoms with Gasteiger partial charge in [0.05, 0.1) is 11.0 Å². The molecule has 0 aliphatic heterocycles. The van der Waals surface area contributed by atoms with Gasteiger partial charge in [-0.15, -0.1) is 0 Å². The molecule has 4 nitrogen and oxygen atoms in total. The van der Waals surface area contributed by atoms with E-state index < -0.39 is 0 Å². The average molecular weight is 233 g/mol. The van der Waals surface area contributed by atoms with E-state index in [2.05, 4.69) is 15.1 Å². The third-order valence-corrected chi connectivity index (χ3v) is 2.67. The van der Waals surface area contributed by atoms with Gasteiger partial charge in [-0.05, 0) is 30.7 Å². The van der Waals surface area contributed by atoms with Crippen LogP contribution in [-0.4, -0.2) is 19.7 Å². The van der Waals surface area contributed by atoms with E-state index in [1.54, 1.807) is 10.9 Å². The first-order valence-corrected chi connectivity index (χ1v) is 5.28. The maximum absolute atomic E-state index is 5.99. The summed E-state index contributed by atoms with van der Waals surface area (Å²) in [4.78, 5) is 7.67. The molecular weight excluding hydrogens is 224 g/mol. The highest BCUT2D eigenvalue weighted by molar-refractivity contribution is 6.31. The number of hydrogen-bond donors (Lipinski definition) is 1. The molecule has 0 aliphatic rings. The van der Waals surface area contributed by atoms with Crippen LogP contribution in [0, 0.1) is 6.92 Å². The second kappa shape index (κ2) is 3.35. The van der Waals surface area contributed by atoms with E-state index in [1.807, 2.05) is 31.3 Å². The predicted molar refractivity (Wildman–Crippen MR) is 63.0 cm³/mol. The number of aryl methyl sites for hydroxylation is 1. The minimum atomic E-state index is 0.699. The summed E-state index contributed by atoms with van der Waals surface area (Å²) in [7, 11) is 0. The van der Waals surface area contributed by atoms with Crippen molar-refractivity contribution in [3.05, 3.63) is 41.2 Å². The Bertz CT molecular complexity index is 639. The minimum Gasteiger partial charge on any atom is -0.322 e. The Morgan fingerprint density at radius 3 is 3.00 bits per heavy atom.